The average Bonchev–Trinajstić information content (AvgIpc) is 1.54. The first-order chi connectivity index (χ1) is 72.1. The predicted molar refractivity (Wildman–Crippen MR) is 554 cm³/mol. The van der Waals surface area contributed by atoms with Crippen molar-refractivity contribution in [3.8, 4) is 56.8 Å². The number of carbonyl (C=O) groups excluding carboxylic acids is 6. The molecule has 0 aliphatic carbocycles. The van der Waals surface area contributed by atoms with Gasteiger partial charge in [0.2, 0.25) is 0 Å². The third-order valence-corrected chi connectivity index (χ3v) is 23.6. The van der Waals surface area contributed by atoms with E-state index in [9.17, 15) is 28.8 Å². The van der Waals surface area contributed by atoms with Crippen LogP contribution < -0.4 is 48.1 Å². The highest BCUT2D eigenvalue weighted by atomic mass is 19.1. The molecule has 15 rings (SSSR count). The summed E-state index contributed by atoms with van der Waals surface area (Å²) < 4.78 is 173. The van der Waals surface area contributed by atoms with Gasteiger partial charge in [0.1, 0.15) is 125 Å². The number of hydrogen-bond donors (Lipinski definition) is 0. The molecule has 0 spiro atoms. The van der Waals surface area contributed by atoms with E-state index in [1.807, 2.05) is 253 Å². The van der Waals surface area contributed by atoms with E-state index in [0.29, 0.717) is 22.5 Å². The Bertz CT molecular complexity index is 6310. The van der Waals surface area contributed by atoms with Gasteiger partial charge in [-0.25, -0.2) is 55.1 Å². The maximum absolute atomic E-state index is 16.7. The van der Waals surface area contributed by atoms with Crippen molar-refractivity contribution in [1.29, 1.82) is 0 Å². The van der Waals surface area contributed by atoms with Gasteiger partial charge in [0.25, 0.3) is 0 Å². The minimum Gasteiger partial charge on any atom is -0.493 e. The van der Waals surface area contributed by atoms with Gasteiger partial charge in [-0.05, 0) is 192 Å². The lowest BCUT2D eigenvalue weighted by molar-refractivity contribution is -0.814. The van der Waals surface area contributed by atoms with Crippen molar-refractivity contribution >= 4 is 92.0 Å². The SMILES string of the molecule is CC(C)COC(=O)c1ccc(OCC(COc2ccc(C(=O)OCC(C)C)c(F)c2)(COc2ccc(C(=O)OCC(C)C)c(F)c2)Cn2nc3c(-c4ccc(N(c5ccccc5)c5ccccc5)cc4)c4n[n+](CC(COc5ccc(C(=O)OCC(C)C)c(F)c5)(COc5ccc(C(=O)OCC(C)C)c(F)c5)COc5ccc(C(=O)OCC(C)C)c(F)c5)[n-]c4c(-c4ccc(N(c5ccccc5)c5ccccc5)cc4)c3n2)cc1F. The number of hydrogen-bond acceptors (Lipinski definition) is 23. The molecule has 0 atom stereocenters. The molecule has 0 bridgehead atoms. The van der Waals surface area contributed by atoms with Crippen molar-refractivity contribution in [1.82, 2.24) is 25.2 Å². The summed E-state index contributed by atoms with van der Waals surface area (Å²) in [6.45, 7) is 17.4. The molecule has 13 aromatic carbocycles. The van der Waals surface area contributed by atoms with Crippen LogP contribution in [0.15, 0.2) is 279 Å². The Morgan fingerprint density at radius 3 is 0.760 bits per heavy atom. The highest BCUT2D eigenvalue weighted by Gasteiger charge is 2.42. The number of benzene rings is 13. The molecular weight excluding hydrogens is 1930 g/mol. The van der Waals surface area contributed by atoms with Crippen LogP contribution >= 0.6 is 0 Å². The van der Waals surface area contributed by atoms with Crippen LogP contribution in [0.3, 0.4) is 0 Å². The number of para-hydroxylation sites is 4. The number of rotatable bonds is 48. The van der Waals surface area contributed by atoms with E-state index in [-0.39, 0.29) is 143 Å². The first-order valence-electron chi connectivity index (χ1n) is 49.4. The van der Waals surface area contributed by atoms with Crippen molar-refractivity contribution in [3.63, 3.8) is 0 Å². The van der Waals surface area contributed by atoms with Crippen LogP contribution in [0.1, 0.15) is 145 Å². The zero-order valence-electron chi connectivity index (χ0n) is 85.1. The maximum atomic E-state index is 16.7. The summed E-state index contributed by atoms with van der Waals surface area (Å²) in [5, 5.41) is 22.2. The second-order valence-electron chi connectivity index (χ2n) is 39.2. The van der Waals surface area contributed by atoms with E-state index in [0.717, 1.165) is 59.1 Å². The largest absolute Gasteiger partial charge is 0.493 e. The first kappa shape index (κ1) is 108. The van der Waals surface area contributed by atoms with Gasteiger partial charge in [-0.1, -0.05) is 180 Å². The molecule has 0 unspecified atom stereocenters. The van der Waals surface area contributed by atoms with Gasteiger partial charge in [0.05, 0.1) is 85.0 Å². The lowest BCUT2D eigenvalue weighted by atomic mass is 9.91. The molecule has 32 heteroatoms. The number of aromatic nitrogens is 6. The highest BCUT2D eigenvalue weighted by molar-refractivity contribution is 6.16. The lowest BCUT2D eigenvalue weighted by Crippen LogP contribution is -2.55. The van der Waals surface area contributed by atoms with Gasteiger partial charge in [0.15, 0.2) is 6.54 Å². The molecule has 0 saturated carbocycles. The smallest absolute Gasteiger partial charge is 0.341 e. The fourth-order valence-corrected chi connectivity index (χ4v) is 16.0. The van der Waals surface area contributed by atoms with Crippen LogP contribution in [0.25, 0.3) is 44.3 Å². The van der Waals surface area contributed by atoms with Gasteiger partial charge >= 0.3 is 35.8 Å². The number of ether oxygens (including phenoxy) is 12. The van der Waals surface area contributed by atoms with E-state index in [4.69, 9.17) is 77.2 Å². The predicted octanol–water partition coefficient (Wildman–Crippen LogP) is 24.7. The molecule has 2 heterocycles. The molecule has 0 saturated heterocycles. The number of carbonyl (C=O) groups is 6. The minimum atomic E-state index is -1.80. The molecule has 778 valence electrons. The summed E-state index contributed by atoms with van der Waals surface area (Å²) in [6, 6.07) is 75.0. The standard InChI is InChI=1S/C118H116F6N8O18/c1-73(2)59-139-111(133)93-47-41-87(53-99(93)119)145-67-117(68-146-88-42-48-94(100(120)54-88)112(134)140-60-74(3)4,69-147-89-43-49-95(101(121)55-89)113(135)141-61-75(5)6)65-129-125-107-105(79-33-37-85(38-34-79)131(81-25-17-13-18-26-81)82-27-19-14-20-28-82)109-110(106(108(107)126-129)80-35-39-86(40-36-80)132(83-29-21-15-22-30-83)84-31-23-16-24-32-84)128-130(127-109)66-118(70-148-90-44-50-96(102(122)56-90)114(136)142-62-76(7)8,71-149-91-45-51-97(103(123)57-91)115(137)143-63-77(9)10)72-150-92-46-52-98(104(124)58-92)116(138)144-64-78(11)12/h13-58,73-78H,59-72H2,1-12H3. The van der Waals surface area contributed by atoms with Crippen LogP contribution in [-0.4, -0.2) is 135 Å². The molecule has 150 heavy (non-hydrogen) atoms. The molecular formula is C118H116F6N8O18. The minimum absolute atomic E-state index is 0.0173. The summed E-state index contributed by atoms with van der Waals surface area (Å²) in [6.07, 6.45) is 0. The molecule has 0 aliphatic heterocycles. The lowest BCUT2D eigenvalue weighted by Gasteiger charge is -2.33. The molecule has 0 amide bonds. The van der Waals surface area contributed by atoms with Crippen molar-refractivity contribution < 1.29 is 117 Å². The highest BCUT2D eigenvalue weighted by Crippen LogP contribution is 2.46. The topological polar surface area (TPSA) is 281 Å². The van der Waals surface area contributed by atoms with Gasteiger partial charge in [-0.3, -0.25) is 0 Å². The van der Waals surface area contributed by atoms with Crippen LogP contribution in [0.2, 0.25) is 0 Å². The fourth-order valence-electron chi connectivity index (χ4n) is 16.0. The Morgan fingerprint density at radius 1 is 0.293 bits per heavy atom. The number of nitrogens with zero attached hydrogens (tertiary/aromatic N) is 8. The summed E-state index contributed by atoms with van der Waals surface area (Å²) in [5.41, 5.74) is 0.548. The number of fused-ring (bicyclic) bond motifs is 2. The zero-order valence-corrected chi connectivity index (χ0v) is 85.1. The first-order valence-corrected chi connectivity index (χ1v) is 49.4. The molecule has 26 nitrogen and oxygen atoms in total. The van der Waals surface area contributed by atoms with E-state index in [1.54, 1.807) is 0 Å². The number of anilines is 6. The van der Waals surface area contributed by atoms with Crippen molar-refractivity contribution in [2.24, 2.45) is 46.3 Å². The van der Waals surface area contributed by atoms with Crippen LogP contribution in [0, 0.1) is 81.2 Å². The van der Waals surface area contributed by atoms with Crippen LogP contribution in [-0.2, 0) is 41.5 Å². The van der Waals surface area contributed by atoms with Crippen molar-refractivity contribution in [2.45, 2.75) is 96.2 Å². The van der Waals surface area contributed by atoms with Crippen LogP contribution in [0.5, 0.6) is 34.5 Å². The molecule has 0 aliphatic rings. The monoisotopic (exact) mass is 2050 g/mol. The third-order valence-electron chi connectivity index (χ3n) is 23.6. The Morgan fingerprint density at radius 2 is 0.520 bits per heavy atom. The van der Waals surface area contributed by atoms with Crippen molar-refractivity contribution in [3.05, 3.63) is 347 Å². The Balaban J connectivity index is 0.978. The van der Waals surface area contributed by atoms with E-state index in [2.05, 4.69) is 9.80 Å². The van der Waals surface area contributed by atoms with Gasteiger partial charge < -0.3 is 66.6 Å². The second kappa shape index (κ2) is 49.3. The molecule has 0 radical (unpaired) electrons. The van der Waals surface area contributed by atoms with Crippen molar-refractivity contribution in [2.75, 3.05) is 89.1 Å². The number of esters is 6. The second-order valence-corrected chi connectivity index (χ2v) is 39.2. The molecule has 15 aromatic rings. The van der Waals surface area contributed by atoms with E-state index >= 15 is 26.3 Å². The van der Waals surface area contributed by atoms with Crippen LogP contribution in [0.4, 0.5) is 60.5 Å². The zero-order chi connectivity index (χ0) is 106. The van der Waals surface area contributed by atoms with Gasteiger partial charge in [-0.15, -0.1) is 0 Å². The van der Waals surface area contributed by atoms with Gasteiger partial charge in [-0.2, -0.15) is 30.0 Å². The summed E-state index contributed by atoms with van der Waals surface area (Å²) >= 11 is 0. The van der Waals surface area contributed by atoms with E-state index < -0.39 is 168 Å². The Kier molecular flexibility index (Phi) is 35.4. The third kappa shape index (κ3) is 27.5. The summed E-state index contributed by atoms with van der Waals surface area (Å²) in [4.78, 5) is 87.7. The summed E-state index contributed by atoms with van der Waals surface area (Å²) in [5.74, 6) is -13.2. The van der Waals surface area contributed by atoms with E-state index in [1.165, 1.54) is 82.4 Å². The average molecular weight is 2050 g/mol. The normalized spacial score (nSPS) is 11.6. The molecule has 0 fully saturated rings. The summed E-state index contributed by atoms with van der Waals surface area (Å²) in [7, 11) is 0. The Hall–Kier alpha value is -16.5. The van der Waals surface area contributed by atoms with Gasteiger partial charge in [0, 0.05) is 92.7 Å². The molecule has 2 aromatic heterocycles. The Labute approximate surface area is 865 Å². The number of halogens is 6. The molecule has 0 N–H and O–H groups in total. The quantitative estimate of drug-likeness (QED) is 0.0148. The fraction of sp³-hybridized carbons (Fsp3) is 0.288. The maximum Gasteiger partial charge on any atom is 0.341 e.